The predicted molar refractivity (Wildman–Crippen MR) is 72.1 cm³/mol. The molecule has 0 atom stereocenters. The van der Waals surface area contributed by atoms with E-state index in [1.165, 1.54) is 7.05 Å². The van der Waals surface area contributed by atoms with Gasteiger partial charge in [0.15, 0.2) is 0 Å². The van der Waals surface area contributed by atoms with Gasteiger partial charge in [0.1, 0.15) is 4.90 Å². The molecule has 0 heterocycles. The topological polar surface area (TPSA) is 74.7 Å². The Hall–Kier alpha value is -1.26. The molecular formula is C11H9Cl2NO4S. The number of carboxylic acids is 1. The maximum atomic E-state index is 12.1. The van der Waals surface area contributed by atoms with Crippen molar-refractivity contribution in [3.05, 3.63) is 27.7 Å². The van der Waals surface area contributed by atoms with Crippen LogP contribution in [-0.2, 0) is 10.0 Å². The fraction of sp³-hybridized carbons (Fsp3) is 0.182. The first kappa shape index (κ1) is 15.8. The van der Waals surface area contributed by atoms with E-state index in [1.807, 2.05) is 0 Å². The molecule has 0 unspecified atom stereocenters. The molecule has 0 bridgehead atoms. The third-order valence-corrected chi connectivity index (χ3v) is 4.83. The van der Waals surface area contributed by atoms with Gasteiger partial charge in [-0.3, -0.25) is 0 Å². The fourth-order valence-electron chi connectivity index (χ4n) is 1.27. The van der Waals surface area contributed by atoms with Crippen LogP contribution in [0.1, 0.15) is 10.4 Å². The maximum Gasteiger partial charge on any atom is 0.337 e. The Bertz CT molecular complexity index is 664. The normalized spacial score (nSPS) is 11.3. The SMILES string of the molecule is C#CCN(C)S(=O)(=O)c1cc(C(=O)O)c(Cl)cc1Cl. The number of hydrogen-bond donors (Lipinski definition) is 1. The zero-order chi connectivity index (χ0) is 14.8. The lowest BCUT2D eigenvalue weighted by molar-refractivity contribution is 0.0697. The highest BCUT2D eigenvalue weighted by Crippen LogP contribution is 2.30. The minimum absolute atomic E-state index is 0.143. The Kier molecular flexibility index (Phi) is 4.82. The van der Waals surface area contributed by atoms with E-state index >= 15 is 0 Å². The Morgan fingerprint density at radius 1 is 1.42 bits per heavy atom. The molecule has 1 rings (SSSR count). The van der Waals surface area contributed by atoms with Crippen LogP contribution in [0.3, 0.4) is 0 Å². The third-order valence-electron chi connectivity index (χ3n) is 2.25. The third kappa shape index (κ3) is 3.19. The first-order valence-corrected chi connectivity index (χ1v) is 7.03. The van der Waals surface area contributed by atoms with Crippen molar-refractivity contribution in [2.75, 3.05) is 13.6 Å². The summed E-state index contributed by atoms with van der Waals surface area (Å²) in [7, 11) is -2.70. The second kappa shape index (κ2) is 5.80. The standard InChI is InChI=1S/C11H9Cl2NO4S/c1-3-4-14(2)19(17,18)10-5-7(11(15)16)8(12)6-9(10)13/h1,5-6H,4H2,2H3,(H,15,16). The van der Waals surface area contributed by atoms with Gasteiger partial charge in [0.05, 0.1) is 22.2 Å². The van der Waals surface area contributed by atoms with Crippen molar-refractivity contribution in [3.8, 4) is 12.3 Å². The van der Waals surface area contributed by atoms with Gasteiger partial charge in [-0.05, 0) is 12.1 Å². The number of rotatable bonds is 4. The van der Waals surface area contributed by atoms with Crippen LogP contribution < -0.4 is 0 Å². The van der Waals surface area contributed by atoms with Crippen LogP contribution in [0.25, 0.3) is 0 Å². The van der Waals surface area contributed by atoms with Crippen molar-refractivity contribution in [2.24, 2.45) is 0 Å². The van der Waals surface area contributed by atoms with Gasteiger partial charge >= 0.3 is 5.97 Å². The summed E-state index contributed by atoms with van der Waals surface area (Å²) in [5.41, 5.74) is -0.348. The smallest absolute Gasteiger partial charge is 0.337 e. The lowest BCUT2D eigenvalue weighted by Gasteiger charge is -2.16. The van der Waals surface area contributed by atoms with Gasteiger partial charge in [-0.2, -0.15) is 4.31 Å². The highest BCUT2D eigenvalue weighted by molar-refractivity contribution is 7.89. The van der Waals surface area contributed by atoms with E-state index in [-0.39, 0.29) is 27.0 Å². The number of benzene rings is 1. The molecule has 1 aromatic rings. The summed E-state index contributed by atoms with van der Waals surface area (Å²) in [6.45, 7) is -0.163. The van der Waals surface area contributed by atoms with E-state index in [2.05, 4.69) is 5.92 Å². The number of hydrogen-bond acceptors (Lipinski definition) is 3. The van der Waals surface area contributed by atoms with Crippen LogP contribution in [0, 0.1) is 12.3 Å². The second-order valence-corrected chi connectivity index (χ2v) is 6.36. The Morgan fingerprint density at radius 3 is 2.47 bits per heavy atom. The summed E-state index contributed by atoms with van der Waals surface area (Å²) in [5.74, 6) is 0.824. The van der Waals surface area contributed by atoms with Crippen molar-refractivity contribution in [1.29, 1.82) is 0 Å². The van der Waals surface area contributed by atoms with Crippen LogP contribution in [0.2, 0.25) is 10.0 Å². The van der Waals surface area contributed by atoms with E-state index in [0.717, 1.165) is 16.4 Å². The van der Waals surface area contributed by atoms with Gasteiger partial charge in [0.2, 0.25) is 10.0 Å². The first-order valence-electron chi connectivity index (χ1n) is 4.84. The fourth-order valence-corrected chi connectivity index (χ4v) is 3.18. The molecule has 0 radical (unpaired) electrons. The molecule has 0 amide bonds. The molecule has 0 aliphatic carbocycles. The number of carboxylic acid groups (broad SMARTS) is 1. The number of aromatic carboxylic acids is 1. The minimum Gasteiger partial charge on any atom is -0.478 e. The molecule has 0 saturated carbocycles. The zero-order valence-corrected chi connectivity index (χ0v) is 12.1. The van der Waals surface area contributed by atoms with Gasteiger partial charge in [0.25, 0.3) is 0 Å². The molecule has 0 spiro atoms. The monoisotopic (exact) mass is 321 g/mol. The van der Waals surface area contributed by atoms with Gasteiger partial charge in [-0.15, -0.1) is 6.42 Å². The van der Waals surface area contributed by atoms with Gasteiger partial charge in [-0.25, -0.2) is 13.2 Å². The predicted octanol–water partition coefficient (Wildman–Crippen LogP) is 1.95. The van der Waals surface area contributed by atoms with Crippen molar-refractivity contribution >= 4 is 39.2 Å². The van der Waals surface area contributed by atoms with Crippen LogP contribution in [0.4, 0.5) is 0 Å². The summed E-state index contributed by atoms with van der Waals surface area (Å²) in [6.07, 6.45) is 5.04. The van der Waals surface area contributed by atoms with Crippen molar-refractivity contribution < 1.29 is 18.3 Å². The molecule has 0 aliphatic heterocycles. The second-order valence-electron chi connectivity index (χ2n) is 3.53. The molecule has 1 aromatic carbocycles. The van der Waals surface area contributed by atoms with E-state index in [4.69, 9.17) is 34.7 Å². The molecule has 0 aliphatic rings. The number of terminal acetylenes is 1. The molecule has 19 heavy (non-hydrogen) atoms. The van der Waals surface area contributed by atoms with E-state index in [0.29, 0.717) is 0 Å². The number of sulfonamides is 1. The Morgan fingerprint density at radius 2 is 2.00 bits per heavy atom. The summed E-state index contributed by atoms with van der Waals surface area (Å²) in [4.78, 5) is 10.6. The molecule has 0 aromatic heterocycles. The summed E-state index contributed by atoms with van der Waals surface area (Å²) in [5, 5.41) is 8.61. The highest BCUT2D eigenvalue weighted by atomic mass is 35.5. The van der Waals surface area contributed by atoms with Crippen LogP contribution in [0.5, 0.6) is 0 Å². The maximum absolute atomic E-state index is 12.1. The van der Waals surface area contributed by atoms with Gasteiger partial charge in [-0.1, -0.05) is 29.1 Å². The van der Waals surface area contributed by atoms with E-state index < -0.39 is 16.0 Å². The molecule has 8 heteroatoms. The van der Waals surface area contributed by atoms with Gasteiger partial charge < -0.3 is 5.11 Å². The first-order chi connectivity index (χ1) is 8.71. The van der Waals surface area contributed by atoms with Crippen molar-refractivity contribution in [2.45, 2.75) is 4.90 Å². The quantitative estimate of drug-likeness (QED) is 0.860. The zero-order valence-electron chi connectivity index (χ0n) is 9.72. The average Bonchev–Trinajstić information content (AvgIpc) is 2.28. The summed E-state index contributed by atoms with van der Waals surface area (Å²) in [6, 6.07) is 1.98. The lowest BCUT2D eigenvalue weighted by atomic mass is 10.2. The van der Waals surface area contributed by atoms with Gasteiger partial charge in [0, 0.05) is 7.05 Å². The Labute approximate surface area is 120 Å². The number of halogens is 2. The number of nitrogens with zero attached hydrogens (tertiary/aromatic N) is 1. The lowest BCUT2D eigenvalue weighted by Crippen LogP contribution is -2.27. The molecule has 102 valence electrons. The highest BCUT2D eigenvalue weighted by Gasteiger charge is 2.25. The largest absolute Gasteiger partial charge is 0.478 e. The van der Waals surface area contributed by atoms with Crippen LogP contribution >= 0.6 is 23.2 Å². The van der Waals surface area contributed by atoms with Crippen LogP contribution in [0.15, 0.2) is 17.0 Å². The Balaban J connectivity index is 3.48. The molecule has 1 N–H and O–H groups in total. The number of carbonyl (C=O) groups is 1. The molecule has 0 saturated heterocycles. The van der Waals surface area contributed by atoms with Crippen LogP contribution in [-0.4, -0.2) is 37.4 Å². The van der Waals surface area contributed by atoms with Crippen molar-refractivity contribution in [3.63, 3.8) is 0 Å². The van der Waals surface area contributed by atoms with Crippen molar-refractivity contribution in [1.82, 2.24) is 4.31 Å². The van der Waals surface area contributed by atoms with E-state index in [9.17, 15) is 13.2 Å². The molecule has 5 nitrogen and oxygen atoms in total. The summed E-state index contributed by atoms with van der Waals surface area (Å²) >= 11 is 11.5. The molecule has 0 fully saturated rings. The van der Waals surface area contributed by atoms with E-state index in [1.54, 1.807) is 0 Å². The summed E-state index contributed by atoms with van der Waals surface area (Å²) < 4.78 is 25.2. The minimum atomic E-state index is -3.97. The average molecular weight is 322 g/mol. The molecular weight excluding hydrogens is 313 g/mol.